The molecular formula is C14H17NO3. The van der Waals surface area contributed by atoms with Crippen LogP contribution in [0.4, 0.5) is 0 Å². The van der Waals surface area contributed by atoms with Crippen LogP contribution >= 0.6 is 0 Å². The average molecular weight is 247 g/mol. The van der Waals surface area contributed by atoms with Crippen LogP contribution in [0, 0.1) is 12.8 Å². The molecule has 1 aromatic heterocycles. The normalized spacial score (nSPS) is 11.1. The van der Waals surface area contributed by atoms with Crippen molar-refractivity contribution < 1.29 is 14.0 Å². The van der Waals surface area contributed by atoms with Crippen molar-refractivity contribution in [2.24, 2.45) is 5.92 Å². The number of hydrogen-bond acceptors (Lipinski definition) is 3. The molecule has 1 amide bonds. The lowest BCUT2D eigenvalue weighted by Crippen LogP contribution is -2.25. The van der Waals surface area contributed by atoms with Gasteiger partial charge in [0, 0.05) is 10.9 Å². The lowest BCUT2D eigenvalue weighted by atomic mass is 10.1. The highest BCUT2D eigenvalue weighted by Crippen LogP contribution is 2.24. The molecule has 0 bridgehead atoms. The average Bonchev–Trinajstić information content (AvgIpc) is 2.67. The van der Waals surface area contributed by atoms with E-state index in [1.54, 1.807) is 0 Å². The molecule has 4 nitrogen and oxygen atoms in total. The molecule has 1 N–H and O–H groups in total. The Morgan fingerprint density at radius 2 is 2.11 bits per heavy atom. The summed E-state index contributed by atoms with van der Waals surface area (Å²) in [4.78, 5) is 17.0. The van der Waals surface area contributed by atoms with E-state index < -0.39 is 0 Å². The summed E-state index contributed by atoms with van der Waals surface area (Å²) in [5, 5.41) is 0.950. The van der Waals surface area contributed by atoms with Crippen molar-refractivity contribution in [3.8, 4) is 0 Å². The van der Waals surface area contributed by atoms with E-state index in [0.717, 1.165) is 10.9 Å². The lowest BCUT2D eigenvalue weighted by Gasteiger charge is -2.06. The molecule has 0 saturated heterocycles. The minimum atomic E-state index is -0.343. The SMILES string of the molecule is Cc1c(C(=O)NOCC(C)C)oc2ccccc12. The van der Waals surface area contributed by atoms with Crippen molar-refractivity contribution in [2.75, 3.05) is 6.61 Å². The van der Waals surface area contributed by atoms with E-state index in [2.05, 4.69) is 5.48 Å². The molecule has 0 unspecified atom stereocenters. The molecule has 1 aromatic carbocycles. The second-order valence-electron chi connectivity index (χ2n) is 4.69. The summed E-state index contributed by atoms with van der Waals surface area (Å²) in [7, 11) is 0. The van der Waals surface area contributed by atoms with E-state index in [-0.39, 0.29) is 5.91 Å². The molecule has 0 aliphatic rings. The number of amides is 1. The summed E-state index contributed by atoms with van der Waals surface area (Å²) in [5.41, 5.74) is 3.94. The number of benzene rings is 1. The fraction of sp³-hybridized carbons (Fsp3) is 0.357. The Bertz CT molecular complexity index is 557. The largest absolute Gasteiger partial charge is 0.451 e. The quantitative estimate of drug-likeness (QED) is 0.845. The van der Waals surface area contributed by atoms with Crippen LogP contribution in [0.1, 0.15) is 30.0 Å². The Morgan fingerprint density at radius 3 is 2.78 bits per heavy atom. The van der Waals surface area contributed by atoms with Gasteiger partial charge in [-0.1, -0.05) is 32.0 Å². The van der Waals surface area contributed by atoms with E-state index in [9.17, 15) is 4.79 Å². The van der Waals surface area contributed by atoms with Crippen LogP contribution in [0.2, 0.25) is 0 Å². The van der Waals surface area contributed by atoms with Gasteiger partial charge in [-0.2, -0.15) is 0 Å². The lowest BCUT2D eigenvalue weighted by molar-refractivity contribution is 0.0189. The maximum absolute atomic E-state index is 11.9. The number of para-hydroxylation sites is 1. The number of nitrogens with one attached hydrogen (secondary N) is 1. The Labute approximate surface area is 106 Å². The third kappa shape index (κ3) is 2.54. The van der Waals surface area contributed by atoms with Crippen molar-refractivity contribution in [1.82, 2.24) is 5.48 Å². The van der Waals surface area contributed by atoms with Gasteiger partial charge in [0.2, 0.25) is 0 Å². The zero-order chi connectivity index (χ0) is 13.1. The smallest absolute Gasteiger partial charge is 0.310 e. The van der Waals surface area contributed by atoms with Crippen LogP contribution in [-0.4, -0.2) is 12.5 Å². The monoisotopic (exact) mass is 247 g/mol. The number of furan rings is 1. The van der Waals surface area contributed by atoms with Gasteiger partial charge in [-0.25, -0.2) is 5.48 Å². The Hall–Kier alpha value is -1.81. The van der Waals surface area contributed by atoms with Crippen molar-refractivity contribution in [2.45, 2.75) is 20.8 Å². The molecule has 0 aliphatic carbocycles. The van der Waals surface area contributed by atoms with E-state index in [4.69, 9.17) is 9.25 Å². The zero-order valence-corrected chi connectivity index (χ0v) is 10.8. The molecule has 0 fully saturated rings. The highest BCUT2D eigenvalue weighted by atomic mass is 16.7. The van der Waals surface area contributed by atoms with Gasteiger partial charge in [-0.15, -0.1) is 0 Å². The van der Waals surface area contributed by atoms with Crippen LogP contribution in [0.3, 0.4) is 0 Å². The number of hydrogen-bond donors (Lipinski definition) is 1. The molecule has 1 heterocycles. The maximum atomic E-state index is 11.9. The minimum absolute atomic E-state index is 0.306. The molecule has 0 radical (unpaired) electrons. The number of hydroxylamine groups is 1. The van der Waals surface area contributed by atoms with Gasteiger partial charge >= 0.3 is 5.91 Å². The first kappa shape index (κ1) is 12.6. The molecule has 0 aliphatic heterocycles. The molecule has 4 heteroatoms. The van der Waals surface area contributed by atoms with Gasteiger partial charge in [0.15, 0.2) is 5.76 Å². The highest BCUT2D eigenvalue weighted by Gasteiger charge is 2.17. The van der Waals surface area contributed by atoms with Crippen molar-refractivity contribution >= 4 is 16.9 Å². The van der Waals surface area contributed by atoms with Gasteiger partial charge < -0.3 is 4.42 Å². The Morgan fingerprint density at radius 1 is 1.39 bits per heavy atom. The number of rotatable bonds is 4. The summed E-state index contributed by atoms with van der Waals surface area (Å²) in [6.07, 6.45) is 0. The topological polar surface area (TPSA) is 51.5 Å². The zero-order valence-electron chi connectivity index (χ0n) is 10.8. The van der Waals surface area contributed by atoms with Crippen molar-refractivity contribution in [3.05, 3.63) is 35.6 Å². The first-order valence-electron chi connectivity index (χ1n) is 6.00. The number of fused-ring (bicyclic) bond motifs is 1. The number of carbonyl (C=O) groups excluding carboxylic acids is 1. The summed E-state index contributed by atoms with van der Waals surface area (Å²) in [5.74, 6) is 0.325. The van der Waals surface area contributed by atoms with Gasteiger partial charge in [0.25, 0.3) is 0 Å². The Balaban J connectivity index is 2.15. The molecule has 0 saturated carbocycles. The number of carbonyl (C=O) groups is 1. The van der Waals surface area contributed by atoms with Crippen molar-refractivity contribution in [1.29, 1.82) is 0 Å². The molecular weight excluding hydrogens is 230 g/mol. The van der Waals surface area contributed by atoms with E-state index in [0.29, 0.717) is 23.9 Å². The second kappa shape index (κ2) is 5.23. The second-order valence-corrected chi connectivity index (χ2v) is 4.69. The predicted molar refractivity (Wildman–Crippen MR) is 69.2 cm³/mol. The van der Waals surface area contributed by atoms with Gasteiger partial charge in [-0.3, -0.25) is 9.63 Å². The molecule has 0 spiro atoms. The predicted octanol–water partition coefficient (Wildman–Crippen LogP) is 3.06. The minimum Gasteiger partial charge on any atom is -0.451 e. The number of aryl methyl sites for hydroxylation is 1. The third-order valence-electron chi connectivity index (χ3n) is 2.63. The van der Waals surface area contributed by atoms with Crippen molar-refractivity contribution in [3.63, 3.8) is 0 Å². The molecule has 18 heavy (non-hydrogen) atoms. The summed E-state index contributed by atoms with van der Waals surface area (Å²) in [6.45, 7) is 6.37. The van der Waals surface area contributed by atoms with Crippen LogP contribution in [0.15, 0.2) is 28.7 Å². The first-order chi connectivity index (χ1) is 8.59. The van der Waals surface area contributed by atoms with Crippen LogP contribution < -0.4 is 5.48 Å². The fourth-order valence-corrected chi connectivity index (χ4v) is 1.71. The van der Waals surface area contributed by atoms with E-state index in [1.165, 1.54) is 0 Å². The standard InChI is InChI=1S/C14H17NO3/c1-9(2)8-17-15-14(16)13-10(3)11-6-4-5-7-12(11)18-13/h4-7,9H,8H2,1-3H3,(H,15,16). The highest BCUT2D eigenvalue weighted by molar-refractivity contribution is 5.98. The first-order valence-corrected chi connectivity index (χ1v) is 6.00. The molecule has 0 atom stereocenters. The van der Waals surface area contributed by atoms with Gasteiger partial charge in [0.05, 0.1) is 6.61 Å². The summed E-state index contributed by atoms with van der Waals surface area (Å²) >= 11 is 0. The maximum Gasteiger partial charge on any atom is 0.310 e. The van der Waals surface area contributed by atoms with E-state index >= 15 is 0 Å². The third-order valence-corrected chi connectivity index (χ3v) is 2.63. The summed E-state index contributed by atoms with van der Waals surface area (Å²) < 4.78 is 5.53. The van der Waals surface area contributed by atoms with Crippen LogP contribution in [-0.2, 0) is 4.84 Å². The molecule has 2 rings (SSSR count). The molecule has 2 aromatic rings. The van der Waals surface area contributed by atoms with Gasteiger partial charge in [0.1, 0.15) is 5.58 Å². The van der Waals surface area contributed by atoms with Crippen LogP contribution in [0.5, 0.6) is 0 Å². The fourth-order valence-electron chi connectivity index (χ4n) is 1.71. The summed E-state index contributed by atoms with van der Waals surface area (Å²) in [6, 6.07) is 7.57. The molecule has 96 valence electrons. The van der Waals surface area contributed by atoms with Gasteiger partial charge in [-0.05, 0) is 18.9 Å². The van der Waals surface area contributed by atoms with Crippen LogP contribution in [0.25, 0.3) is 11.0 Å². The van der Waals surface area contributed by atoms with E-state index in [1.807, 2.05) is 45.0 Å². The Kier molecular flexibility index (Phi) is 3.67.